The zero-order chi connectivity index (χ0) is 30.3. The molecule has 5 rings (SSSR count). The molecule has 3 aromatic carbocycles. The smallest absolute Gasteiger partial charge is 0.363 e. The van der Waals surface area contributed by atoms with Gasteiger partial charge in [-0.1, -0.05) is 54.6 Å². The molecule has 1 N–H and O–H groups in total. The number of benzene rings is 3. The van der Waals surface area contributed by atoms with Gasteiger partial charge in [-0.3, -0.25) is 4.79 Å². The summed E-state index contributed by atoms with van der Waals surface area (Å²) >= 11 is 0. The normalized spacial score (nSPS) is 16.4. The number of rotatable bonds is 6. The first-order chi connectivity index (χ1) is 19.7. The summed E-state index contributed by atoms with van der Waals surface area (Å²) in [6.45, 7) is 3.87. The van der Waals surface area contributed by atoms with Crippen LogP contribution in [0.15, 0.2) is 85.1 Å². The Morgan fingerprint density at radius 1 is 0.857 bits per heavy atom. The Hall–Kier alpha value is -4.28. The van der Waals surface area contributed by atoms with Crippen molar-refractivity contribution in [3.63, 3.8) is 0 Å². The van der Waals surface area contributed by atoms with Gasteiger partial charge in [0.05, 0.1) is 28.9 Å². The number of hydrogen-bond donors (Lipinski definition) is 1. The van der Waals surface area contributed by atoms with Crippen molar-refractivity contribution in [2.75, 3.05) is 5.32 Å². The van der Waals surface area contributed by atoms with Crippen LogP contribution in [-0.4, -0.2) is 20.6 Å². The number of anilines is 1. The number of nitrogens with zero attached hydrogens (tertiary/aromatic N) is 3. The molecule has 0 spiro atoms. The first-order valence-electron chi connectivity index (χ1n) is 13.2. The number of carbonyl (C=O) groups is 1. The van der Waals surface area contributed by atoms with Crippen LogP contribution in [0.4, 0.5) is 32.2 Å². The third-order valence-corrected chi connectivity index (χ3v) is 7.39. The van der Waals surface area contributed by atoms with Gasteiger partial charge in [0.15, 0.2) is 0 Å². The number of aromatic nitrogens is 2. The molecule has 0 saturated heterocycles. The van der Waals surface area contributed by atoms with E-state index in [1.165, 1.54) is 35.4 Å². The fraction of sp³-hybridized carbons (Fsp3) is 0.290. The van der Waals surface area contributed by atoms with Crippen LogP contribution in [-0.2, 0) is 31.0 Å². The van der Waals surface area contributed by atoms with Gasteiger partial charge in [-0.05, 0) is 61.2 Å². The quantitative estimate of drug-likeness (QED) is 0.233. The van der Waals surface area contributed by atoms with Crippen LogP contribution in [0.25, 0.3) is 0 Å². The van der Waals surface area contributed by atoms with Gasteiger partial charge < -0.3 is 10.2 Å². The van der Waals surface area contributed by atoms with E-state index in [-0.39, 0.29) is 24.7 Å². The van der Waals surface area contributed by atoms with Crippen LogP contribution in [0.2, 0.25) is 0 Å². The Morgan fingerprint density at radius 3 is 1.83 bits per heavy atom. The lowest BCUT2D eigenvalue weighted by atomic mass is 9.89. The fourth-order valence-corrected chi connectivity index (χ4v) is 5.20. The minimum atomic E-state index is -4.51. The van der Waals surface area contributed by atoms with Gasteiger partial charge in [0.1, 0.15) is 11.4 Å². The van der Waals surface area contributed by atoms with Crippen molar-refractivity contribution in [1.29, 1.82) is 0 Å². The predicted molar refractivity (Wildman–Crippen MR) is 145 cm³/mol. The van der Waals surface area contributed by atoms with Crippen molar-refractivity contribution in [2.24, 2.45) is 0 Å². The molecule has 0 fully saturated rings. The van der Waals surface area contributed by atoms with Gasteiger partial charge in [0.2, 0.25) is 0 Å². The average molecular weight is 587 g/mol. The molecule has 1 atom stereocenters. The Bertz CT molecular complexity index is 1480. The predicted octanol–water partition coefficient (Wildman–Crippen LogP) is 8.06. The standard InChI is InChI=1S/C31H28F6N4O/c1-29(2)16-26(22-6-4-3-5-7-22)39-27-25(17-38-41(27)29)28(42)40(18-20-8-12-23(13-9-20)30(32,33)34)19-21-10-14-24(15-11-21)31(35,36)37/h3-15,17,26,39H,16,18-19H2,1-2H3. The molecule has 42 heavy (non-hydrogen) atoms. The summed E-state index contributed by atoms with van der Waals surface area (Å²) in [6.07, 6.45) is -6.88. The van der Waals surface area contributed by atoms with Gasteiger partial charge in [-0.2, -0.15) is 31.4 Å². The third kappa shape index (κ3) is 6.14. The maximum atomic E-state index is 14.1. The molecular weight excluding hydrogens is 558 g/mol. The number of fused-ring (bicyclic) bond motifs is 1. The molecule has 0 saturated carbocycles. The zero-order valence-electron chi connectivity index (χ0n) is 22.8. The van der Waals surface area contributed by atoms with E-state index in [9.17, 15) is 31.1 Å². The summed E-state index contributed by atoms with van der Waals surface area (Å²) in [7, 11) is 0. The molecule has 0 bridgehead atoms. The number of nitrogens with one attached hydrogen (secondary N) is 1. The molecule has 5 nitrogen and oxygen atoms in total. The summed E-state index contributed by atoms with van der Waals surface area (Å²) in [6, 6.07) is 18.5. The Balaban J connectivity index is 1.48. The van der Waals surface area contributed by atoms with Crippen molar-refractivity contribution < 1.29 is 31.1 Å². The lowest BCUT2D eigenvalue weighted by Gasteiger charge is -2.38. The fourth-order valence-electron chi connectivity index (χ4n) is 5.20. The van der Waals surface area contributed by atoms with Crippen molar-refractivity contribution in [1.82, 2.24) is 14.7 Å². The van der Waals surface area contributed by atoms with E-state index < -0.39 is 34.9 Å². The highest BCUT2D eigenvalue weighted by molar-refractivity contribution is 5.99. The maximum Gasteiger partial charge on any atom is 0.416 e. The van der Waals surface area contributed by atoms with E-state index in [0.717, 1.165) is 29.8 Å². The number of alkyl halides is 6. The Kier molecular flexibility index (Phi) is 7.55. The highest BCUT2D eigenvalue weighted by Crippen LogP contribution is 2.40. The van der Waals surface area contributed by atoms with E-state index in [1.54, 1.807) is 4.68 Å². The van der Waals surface area contributed by atoms with Gasteiger partial charge in [0.25, 0.3) is 5.91 Å². The number of hydrogen-bond acceptors (Lipinski definition) is 3. The average Bonchev–Trinajstić information content (AvgIpc) is 3.37. The summed E-state index contributed by atoms with van der Waals surface area (Å²) in [5.74, 6) is 0.0306. The molecule has 1 aliphatic rings. The van der Waals surface area contributed by atoms with E-state index in [1.807, 2.05) is 44.2 Å². The van der Waals surface area contributed by atoms with Crippen molar-refractivity contribution in [3.05, 3.63) is 118 Å². The van der Waals surface area contributed by atoms with Crippen molar-refractivity contribution in [2.45, 2.75) is 57.3 Å². The summed E-state index contributed by atoms with van der Waals surface area (Å²) in [4.78, 5) is 15.5. The SMILES string of the molecule is CC1(C)CC(c2ccccc2)Nc2c(C(=O)N(Cc3ccc(C(F)(F)F)cc3)Cc3ccc(C(F)(F)F)cc3)cnn21. The van der Waals surface area contributed by atoms with Crippen LogP contribution in [0.5, 0.6) is 0 Å². The lowest BCUT2D eigenvalue weighted by Crippen LogP contribution is -2.39. The van der Waals surface area contributed by atoms with Gasteiger partial charge in [-0.15, -0.1) is 0 Å². The molecule has 4 aromatic rings. The molecule has 1 aliphatic heterocycles. The van der Waals surface area contributed by atoms with E-state index in [2.05, 4.69) is 10.4 Å². The topological polar surface area (TPSA) is 50.2 Å². The third-order valence-electron chi connectivity index (χ3n) is 7.39. The number of amides is 1. The first-order valence-corrected chi connectivity index (χ1v) is 13.2. The molecule has 11 heteroatoms. The molecule has 0 aliphatic carbocycles. The molecule has 1 amide bonds. The Labute approximate surface area is 238 Å². The van der Waals surface area contributed by atoms with Crippen LogP contribution in [0.3, 0.4) is 0 Å². The zero-order valence-corrected chi connectivity index (χ0v) is 22.8. The van der Waals surface area contributed by atoms with Crippen molar-refractivity contribution in [3.8, 4) is 0 Å². The lowest BCUT2D eigenvalue weighted by molar-refractivity contribution is -0.138. The molecular formula is C31H28F6N4O. The first kappa shape index (κ1) is 29.2. The second-order valence-electron chi connectivity index (χ2n) is 11.0. The summed E-state index contributed by atoms with van der Waals surface area (Å²) in [5.41, 5.74) is 0.0439. The highest BCUT2D eigenvalue weighted by atomic mass is 19.4. The van der Waals surface area contributed by atoms with Crippen LogP contribution in [0.1, 0.15) is 64.5 Å². The van der Waals surface area contributed by atoms with Crippen LogP contribution < -0.4 is 5.32 Å². The van der Waals surface area contributed by atoms with Gasteiger partial charge in [0, 0.05) is 13.1 Å². The second kappa shape index (κ2) is 10.8. The minimum absolute atomic E-state index is 0.0753. The monoisotopic (exact) mass is 586 g/mol. The second-order valence-corrected chi connectivity index (χ2v) is 11.0. The Morgan fingerprint density at radius 2 is 1.36 bits per heavy atom. The van der Waals surface area contributed by atoms with Crippen LogP contribution in [0, 0.1) is 0 Å². The number of halogens is 6. The maximum absolute atomic E-state index is 14.1. The number of carbonyl (C=O) groups excluding carboxylic acids is 1. The largest absolute Gasteiger partial charge is 0.416 e. The molecule has 0 radical (unpaired) electrons. The molecule has 1 aromatic heterocycles. The van der Waals surface area contributed by atoms with Gasteiger partial charge >= 0.3 is 12.4 Å². The molecule has 1 unspecified atom stereocenters. The molecule has 220 valence electrons. The minimum Gasteiger partial charge on any atom is -0.363 e. The van der Waals surface area contributed by atoms with Gasteiger partial charge in [-0.25, -0.2) is 4.68 Å². The van der Waals surface area contributed by atoms with E-state index in [0.29, 0.717) is 23.4 Å². The van der Waals surface area contributed by atoms with E-state index >= 15 is 0 Å². The summed E-state index contributed by atoms with van der Waals surface area (Å²) in [5, 5.41) is 7.92. The van der Waals surface area contributed by atoms with E-state index in [4.69, 9.17) is 0 Å². The highest BCUT2D eigenvalue weighted by Gasteiger charge is 2.38. The molecule has 2 heterocycles. The van der Waals surface area contributed by atoms with Crippen molar-refractivity contribution >= 4 is 11.7 Å². The summed E-state index contributed by atoms with van der Waals surface area (Å²) < 4.78 is 80.4. The van der Waals surface area contributed by atoms with Crippen LogP contribution >= 0.6 is 0 Å².